The van der Waals surface area contributed by atoms with Gasteiger partial charge in [0.25, 0.3) is 0 Å². The van der Waals surface area contributed by atoms with Crippen molar-refractivity contribution in [3.63, 3.8) is 0 Å². The molecule has 0 spiro atoms. The van der Waals surface area contributed by atoms with Crippen LogP contribution >= 0.6 is 0 Å². The highest BCUT2D eigenvalue weighted by Crippen LogP contribution is 2.37. The van der Waals surface area contributed by atoms with Crippen molar-refractivity contribution in [3.8, 4) is 0 Å². The fourth-order valence-corrected chi connectivity index (χ4v) is 2.99. The van der Waals surface area contributed by atoms with Crippen LogP contribution in [0.3, 0.4) is 0 Å². The van der Waals surface area contributed by atoms with Crippen molar-refractivity contribution in [1.82, 2.24) is 4.72 Å². The van der Waals surface area contributed by atoms with E-state index in [-0.39, 0.29) is 16.9 Å². The Kier molecular flexibility index (Phi) is 4.06. The van der Waals surface area contributed by atoms with Crippen LogP contribution in [0, 0.1) is 5.92 Å². The summed E-state index contributed by atoms with van der Waals surface area (Å²) in [6.45, 7) is 6.01. The summed E-state index contributed by atoms with van der Waals surface area (Å²) in [7, 11) is 0. The second-order valence-corrected chi connectivity index (χ2v) is 7.98. The van der Waals surface area contributed by atoms with Gasteiger partial charge in [-0.15, -0.1) is 4.72 Å². The molecule has 1 saturated carbocycles. The van der Waals surface area contributed by atoms with Crippen LogP contribution in [0.5, 0.6) is 0 Å². The topological polar surface area (TPSA) is 44.3 Å². The molecule has 98 valence electrons. The molecule has 0 bridgehead atoms. The van der Waals surface area contributed by atoms with Gasteiger partial charge < -0.3 is 9.29 Å². The molecule has 1 fully saturated rings. The van der Waals surface area contributed by atoms with E-state index >= 15 is 0 Å². The maximum Gasteiger partial charge on any atom is 0.136 e. The second-order valence-electron chi connectivity index (χ2n) is 5.99. The number of nitrogens with one attached hydrogen (secondary N) is 1. The Labute approximate surface area is 107 Å². The van der Waals surface area contributed by atoms with Gasteiger partial charge in [-0.2, -0.15) is 0 Å². The van der Waals surface area contributed by atoms with E-state index < -0.39 is 11.4 Å². The normalized spacial score (nSPS) is 28.6. The predicted octanol–water partition coefficient (Wildman–Crippen LogP) is 2.51. The van der Waals surface area contributed by atoms with E-state index in [4.69, 9.17) is 4.74 Å². The van der Waals surface area contributed by atoms with Crippen LogP contribution in [0.1, 0.15) is 46.5 Å². The number of hydrogen-bond acceptors (Lipinski definition) is 3. The maximum absolute atomic E-state index is 12.2. The third-order valence-electron chi connectivity index (χ3n) is 3.30. The molecule has 1 aliphatic heterocycles. The largest absolute Gasteiger partial charge is 0.598 e. The SMILES string of the molecule is CC(C)(C)[S@+]([O-])N[C@@H](C1CC1)[C@@H]1CCC=CO1. The minimum atomic E-state index is -1.00. The molecule has 2 rings (SSSR count). The lowest BCUT2D eigenvalue weighted by Gasteiger charge is -2.32. The average molecular weight is 257 g/mol. The van der Waals surface area contributed by atoms with E-state index in [1.807, 2.05) is 20.8 Å². The van der Waals surface area contributed by atoms with Crippen LogP contribution < -0.4 is 4.72 Å². The van der Waals surface area contributed by atoms with Gasteiger partial charge in [0.2, 0.25) is 0 Å². The lowest BCUT2D eigenvalue weighted by atomic mass is 10.0. The summed E-state index contributed by atoms with van der Waals surface area (Å²) in [6, 6.07) is 0.250. The molecule has 1 aliphatic carbocycles. The Bertz CT molecular complexity index is 284. The zero-order valence-corrected chi connectivity index (χ0v) is 11.8. The predicted molar refractivity (Wildman–Crippen MR) is 70.8 cm³/mol. The second kappa shape index (κ2) is 5.21. The summed E-state index contributed by atoms with van der Waals surface area (Å²) >= 11 is -1.00. The Morgan fingerprint density at radius 3 is 2.53 bits per heavy atom. The first-order chi connectivity index (χ1) is 7.98. The number of ether oxygens (including phenoxy) is 1. The van der Waals surface area contributed by atoms with E-state index in [1.165, 1.54) is 12.8 Å². The lowest BCUT2D eigenvalue weighted by molar-refractivity contribution is 0.0858. The van der Waals surface area contributed by atoms with Crippen LogP contribution in [0.15, 0.2) is 12.3 Å². The highest BCUT2D eigenvalue weighted by molar-refractivity contribution is 7.90. The molecular weight excluding hydrogens is 234 g/mol. The fourth-order valence-electron chi connectivity index (χ4n) is 2.05. The average Bonchev–Trinajstić information content (AvgIpc) is 3.09. The van der Waals surface area contributed by atoms with Gasteiger partial charge in [0.05, 0.1) is 12.3 Å². The first-order valence-electron chi connectivity index (χ1n) is 6.47. The Hall–Kier alpha value is -0.190. The number of rotatable bonds is 4. The minimum Gasteiger partial charge on any atom is -0.598 e. The first-order valence-corrected chi connectivity index (χ1v) is 7.62. The quantitative estimate of drug-likeness (QED) is 0.787. The summed E-state index contributed by atoms with van der Waals surface area (Å²) in [5.74, 6) is 0.651. The molecule has 0 amide bonds. The van der Waals surface area contributed by atoms with Crippen molar-refractivity contribution < 1.29 is 9.29 Å². The van der Waals surface area contributed by atoms with E-state index in [0.717, 1.165) is 12.8 Å². The summed E-state index contributed by atoms with van der Waals surface area (Å²) in [5, 5.41) is 0. The molecule has 0 aromatic rings. The first kappa shape index (κ1) is 13.2. The third-order valence-corrected chi connectivity index (χ3v) is 4.90. The van der Waals surface area contributed by atoms with E-state index in [1.54, 1.807) is 6.26 Å². The molecule has 1 heterocycles. The molecule has 0 saturated heterocycles. The molecule has 17 heavy (non-hydrogen) atoms. The summed E-state index contributed by atoms with van der Waals surface area (Å²) in [6.07, 6.45) is 8.63. The van der Waals surface area contributed by atoms with Crippen LogP contribution in [0.25, 0.3) is 0 Å². The zero-order chi connectivity index (χ0) is 12.5. The number of allylic oxidation sites excluding steroid dienone is 1. The van der Waals surface area contributed by atoms with E-state index in [9.17, 15) is 4.55 Å². The molecule has 0 aromatic heterocycles. The third kappa shape index (κ3) is 3.63. The van der Waals surface area contributed by atoms with Crippen LogP contribution in [0.4, 0.5) is 0 Å². The van der Waals surface area contributed by atoms with Gasteiger partial charge in [-0.25, -0.2) is 0 Å². The van der Waals surface area contributed by atoms with Gasteiger partial charge >= 0.3 is 0 Å². The fraction of sp³-hybridized carbons (Fsp3) is 0.846. The standard InChI is InChI=1S/C13H23NO2S/c1-13(2,3)17(15)14-12(10-7-8-10)11-6-4-5-9-16-11/h5,9-12,14H,4,6-8H2,1-3H3/t11-,12-,17-/m0/s1. The summed E-state index contributed by atoms with van der Waals surface area (Å²) in [4.78, 5) is 0. The van der Waals surface area contributed by atoms with Crippen molar-refractivity contribution in [3.05, 3.63) is 12.3 Å². The van der Waals surface area contributed by atoms with Gasteiger partial charge in [-0.1, -0.05) is 0 Å². The van der Waals surface area contributed by atoms with Crippen molar-refractivity contribution in [2.24, 2.45) is 5.92 Å². The Morgan fingerprint density at radius 2 is 2.06 bits per heavy atom. The van der Waals surface area contributed by atoms with Gasteiger partial charge in [0.1, 0.15) is 10.9 Å². The van der Waals surface area contributed by atoms with Crippen molar-refractivity contribution in [2.45, 2.75) is 63.3 Å². The van der Waals surface area contributed by atoms with Gasteiger partial charge in [-0.3, -0.25) is 0 Å². The molecule has 3 atom stereocenters. The zero-order valence-electron chi connectivity index (χ0n) is 10.9. The molecule has 0 radical (unpaired) electrons. The maximum atomic E-state index is 12.2. The molecule has 2 aliphatic rings. The molecule has 0 aromatic carbocycles. The highest BCUT2D eigenvalue weighted by atomic mass is 32.2. The van der Waals surface area contributed by atoms with E-state index in [0.29, 0.717) is 5.92 Å². The Balaban J connectivity index is 1.95. The molecule has 3 nitrogen and oxygen atoms in total. The van der Waals surface area contributed by atoms with Crippen LogP contribution in [-0.2, 0) is 16.1 Å². The van der Waals surface area contributed by atoms with Gasteiger partial charge in [-0.05, 0) is 58.4 Å². The minimum absolute atomic E-state index is 0.193. The molecule has 4 heteroatoms. The van der Waals surface area contributed by atoms with Crippen molar-refractivity contribution >= 4 is 11.4 Å². The van der Waals surface area contributed by atoms with Gasteiger partial charge in [0, 0.05) is 11.4 Å². The highest BCUT2D eigenvalue weighted by Gasteiger charge is 2.42. The van der Waals surface area contributed by atoms with Crippen LogP contribution in [-0.4, -0.2) is 21.4 Å². The monoisotopic (exact) mass is 257 g/mol. The van der Waals surface area contributed by atoms with Crippen LogP contribution in [0.2, 0.25) is 0 Å². The lowest BCUT2D eigenvalue weighted by Crippen LogP contribution is -2.51. The molecule has 0 unspecified atom stereocenters. The smallest absolute Gasteiger partial charge is 0.136 e. The molecular formula is C13H23NO2S. The van der Waals surface area contributed by atoms with E-state index in [2.05, 4.69) is 10.8 Å². The van der Waals surface area contributed by atoms with Gasteiger partial charge in [0.15, 0.2) is 0 Å². The van der Waals surface area contributed by atoms with Crippen molar-refractivity contribution in [2.75, 3.05) is 0 Å². The molecule has 1 N–H and O–H groups in total. The number of hydrogen-bond donors (Lipinski definition) is 1. The summed E-state index contributed by atoms with van der Waals surface area (Å²) < 4.78 is 20.9. The summed E-state index contributed by atoms with van der Waals surface area (Å²) in [5.41, 5.74) is 0. The Morgan fingerprint density at radius 1 is 1.35 bits per heavy atom. The van der Waals surface area contributed by atoms with Crippen molar-refractivity contribution in [1.29, 1.82) is 0 Å².